The van der Waals surface area contributed by atoms with Crippen molar-refractivity contribution in [3.63, 3.8) is 0 Å². The summed E-state index contributed by atoms with van der Waals surface area (Å²) in [6.07, 6.45) is 0.445. The lowest BCUT2D eigenvalue weighted by Crippen LogP contribution is -2.46. The molecular formula is C17H22N2O3S. The maximum Gasteiger partial charge on any atom is 0.305 e. The van der Waals surface area contributed by atoms with Gasteiger partial charge in [-0.2, -0.15) is 0 Å². The number of aromatic nitrogens is 1. The Bertz CT molecular complexity index is 782. The van der Waals surface area contributed by atoms with Crippen LogP contribution in [0.3, 0.4) is 0 Å². The van der Waals surface area contributed by atoms with Crippen LogP contribution in [0.2, 0.25) is 0 Å². The number of fused-ring (bicyclic) bond motifs is 1. The normalized spacial score (nSPS) is 13.8. The Kier molecular flexibility index (Phi) is 4.75. The third-order valence-corrected chi connectivity index (χ3v) is 5.35. The highest BCUT2D eigenvalue weighted by atomic mass is 32.1. The number of hydrogen-bond acceptors (Lipinski definition) is 4. The van der Waals surface area contributed by atoms with Crippen LogP contribution in [0.1, 0.15) is 53.2 Å². The van der Waals surface area contributed by atoms with Crippen molar-refractivity contribution in [3.8, 4) is 0 Å². The van der Waals surface area contributed by atoms with Gasteiger partial charge >= 0.3 is 5.97 Å². The van der Waals surface area contributed by atoms with Gasteiger partial charge in [0.25, 0.3) is 5.91 Å². The summed E-state index contributed by atoms with van der Waals surface area (Å²) in [4.78, 5) is 29.7. The van der Waals surface area contributed by atoms with Gasteiger partial charge in [0.2, 0.25) is 0 Å². The van der Waals surface area contributed by atoms with E-state index in [9.17, 15) is 9.59 Å². The number of pyridine rings is 1. The first-order chi connectivity index (χ1) is 10.7. The first-order valence-corrected chi connectivity index (χ1v) is 8.40. The first kappa shape index (κ1) is 17.4. The highest BCUT2D eigenvalue weighted by molar-refractivity contribution is 7.20. The molecule has 0 spiro atoms. The van der Waals surface area contributed by atoms with Crippen LogP contribution in [-0.2, 0) is 4.79 Å². The van der Waals surface area contributed by atoms with E-state index in [2.05, 4.69) is 10.3 Å². The standard InChI is InChI=1S/C17H22N2O3S/c1-6-17(5,8-12(20)21)19-15(22)14-11(4)13-9(2)7-10(3)18-16(13)23-14/h7H,6,8H2,1-5H3,(H,19,22)(H,20,21)/t17-/m1/s1. The Hall–Kier alpha value is -1.95. The van der Waals surface area contributed by atoms with Crippen LogP contribution < -0.4 is 5.32 Å². The van der Waals surface area contributed by atoms with Gasteiger partial charge in [-0.25, -0.2) is 4.98 Å². The predicted molar refractivity (Wildman–Crippen MR) is 92.2 cm³/mol. The van der Waals surface area contributed by atoms with Crippen LogP contribution >= 0.6 is 11.3 Å². The number of hydrogen-bond donors (Lipinski definition) is 2. The molecule has 2 heterocycles. The summed E-state index contributed by atoms with van der Waals surface area (Å²) in [5, 5.41) is 12.9. The Morgan fingerprint density at radius 2 is 2.00 bits per heavy atom. The van der Waals surface area contributed by atoms with E-state index in [-0.39, 0.29) is 12.3 Å². The molecule has 0 aliphatic rings. The molecule has 2 aromatic heterocycles. The number of amides is 1. The summed E-state index contributed by atoms with van der Waals surface area (Å²) >= 11 is 1.36. The molecule has 0 radical (unpaired) electrons. The minimum Gasteiger partial charge on any atom is -0.481 e. The molecule has 0 bridgehead atoms. The molecule has 23 heavy (non-hydrogen) atoms. The van der Waals surface area contributed by atoms with Crippen molar-refractivity contribution in [1.82, 2.24) is 10.3 Å². The molecule has 0 saturated carbocycles. The largest absolute Gasteiger partial charge is 0.481 e. The van der Waals surface area contributed by atoms with Crippen molar-refractivity contribution in [3.05, 3.63) is 27.8 Å². The van der Waals surface area contributed by atoms with Crippen LogP contribution in [0.15, 0.2) is 6.07 Å². The van der Waals surface area contributed by atoms with Crippen LogP contribution in [-0.4, -0.2) is 27.5 Å². The van der Waals surface area contributed by atoms with Crippen molar-refractivity contribution < 1.29 is 14.7 Å². The van der Waals surface area contributed by atoms with Crippen LogP contribution in [0, 0.1) is 20.8 Å². The lowest BCUT2D eigenvalue weighted by molar-refractivity contribution is -0.138. The van der Waals surface area contributed by atoms with Crippen LogP contribution in [0.25, 0.3) is 10.2 Å². The summed E-state index contributed by atoms with van der Waals surface area (Å²) in [5.74, 6) is -1.15. The Morgan fingerprint density at radius 3 is 2.57 bits per heavy atom. The van der Waals surface area contributed by atoms with Gasteiger partial charge in [-0.05, 0) is 51.3 Å². The number of carboxylic acid groups (broad SMARTS) is 1. The Labute approximate surface area is 139 Å². The molecule has 2 rings (SSSR count). The molecule has 5 nitrogen and oxygen atoms in total. The fraction of sp³-hybridized carbons (Fsp3) is 0.471. The van der Waals surface area contributed by atoms with Crippen LogP contribution in [0.4, 0.5) is 0 Å². The molecule has 0 unspecified atom stereocenters. The van der Waals surface area contributed by atoms with Gasteiger partial charge < -0.3 is 10.4 Å². The van der Waals surface area contributed by atoms with Gasteiger partial charge in [0.1, 0.15) is 4.83 Å². The highest BCUT2D eigenvalue weighted by Gasteiger charge is 2.29. The Balaban J connectivity index is 2.40. The second-order valence-electron chi connectivity index (χ2n) is 6.26. The second kappa shape index (κ2) is 6.28. The number of nitrogens with zero attached hydrogens (tertiary/aromatic N) is 1. The Morgan fingerprint density at radius 1 is 1.35 bits per heavy atom. The second-order valence-corrected chi connectivity index (χ2v) is 7.25. The number of carboxylic acids is 1. The average molecular weight is 334 g/mol. The maximum absolute atomic E-state index is 12.7. The molecule has 0 saturated heterocycles. The number of carbonyl (C=O) groups is 2. The van der Waals surface area contributed by atoms with E-state index in [4.69, 9.17) is 5.11 Å². The van der Waals surface area contributed by atoms with E-state index >= 15 is 0 Å². The van der Waals surface area contributed by atoms with E-state index in [0.29, 0.717) is 11.3 Å². The monoisotopic (exact) mass is 334 g/mol. The fourth-order valence-electron chi connectivity index (χ4n) is 2.76. The molecule has 0 fully saturated rings. The minimum atomic E-state index is -0.921. The molecule has 6 heteroatoms. The van der Waals surface area contributed by atoms with Gasteiger partial charge in [0, 0.05) is 16.6 Å². The lowest BCUT2D eigenvalue weighted by atomic mass is 9.94. The molecule has 2 aromatic rings. The van der Waals surface area contributed by atoms with Crippen molar-refractivity contribution >= 4 is 33.4 Å². The van der Waals surface area contributed by atoms with E-state index in [0.717, 1.165) is 27.0 Å². The smallest absolute Gasteiger partial charge is 0.305 e. The molecule has 1 atom stereocenters. The third-order valence-electron chi connectivity index (χ3n) is 4.17. The summed E-state index contributed by atoms with van der Waals surface area (Å²) < 4.78 is 0. The zero-order valence-electron chi connectivity index (χ0n) is 14.1. The lowest BCUT2D eigenvalue weighted by Gasteiger charge is -2.27. The van der Waals surface area contributed by atoms with Gasteiger partial charge in [0.05, 0.1) is 11.3 Å². The number of aryl methyl sites for hydroxylation is 3. The van der Waals surface area contributed by atoms with Crippen molar-refractivity contribution in [2.75, 3.05) is 0 Å². The SMILES string of the molecule is CC[C@](C)(CC(=O)O)NC(=O)c1sc2nc(C)cc(C)c2c1C. The van der Waals surface area contributed by atoms with E-state index in [1.165, 1.54) is 11.3 Å². The number of carbonyl (C=O) groups excluding carboxylic acids is 1. The maximum atomic E-state index is 12.7. The van der Waals surface area contributed by atoms with Gasteiger partial charge in [-0.15, -0.1) is 11.3 Å². The zero-order valence-corrected chi connectivity index (χ0v) is 14.9. The quantitative estimate of drug-likeness (QED) is 0.875. The summed E-state index contributed by atoms with van der Waals surface area (Å²) in [6.45, 7) is 9.49. The first-order valence-electron chi connectivity index (χ1n) is 7.58. The molecule has 124 valence electrons. The summed E-state index contributed by atoms with van der Waals surface area (Å²) in [6, 6.07) is 2.00. The zero-order chi connectivity index (χ0) is 17.4. The minimum absolute atomic E-state index is 0.102. The van der Waals surface area contributed by atoms with Gasteiger partial charge in [-0.1, -0.05) is 6.92 Å². The topological polar surface area (TPSA) is 79.3 Å². The van der Waals surface area contributed by atoms with E-state index < -0.39 is 11.5 Å². The van der Waals surface area contributed by atoms with Crippen LogP contribution in [0.5, 0.6) is 0 Å². The van der Waals surface area contributed by atoms with Crippen molar-refractivity contribution in [2.45, 2.75) is 53.0 Å². The average Bonchev–Trinajstić information content (AvgIpc) is 2.75. The molecule has 0 aliphatic carbocycles. The van der Waals surface area contributed by atoms with Gasteiger partial charge in [-0.3, -0.25) is 9.59 Å². The molecule has 2 N–H and O–H groups in total. The summed E-state index contributed by atoms with van der Waals surface area (Å²) in [5.41, 5.74) is 2.17. The number of nitrogens with one attached hydrogen (secondary N) is 1. The fourth-order valence-corrected chi connectivity index (χ4v) is 3.96. The number of thiophene rings is 1. The van der Waals surface area contributed by atoms with Gasteiger partial charge in [0.15, 0.2) is 0 Å². The van der Waals surface area contributed by atoms with Crippen molar-refractivity contribution in [1.29, 1.82) is 0 Å². The molecular weight excluding hydrogens is 312 g/mol. The van der Waals surface area contributed by atoms with Crippen molar-refractivity contribution in [2.24, 2.45) is 0 Å². The highest BCUT2D eigenvalue weighted by Crippen LogP contribution is 2.32. The molecule has 0 aromatic carbocycles. The molecule has 1 amide bonds. The van der Waals surface area contributed by atoms with E-state index in [1.807, 2.05) is 33.8 Å². The number of rotatable bonds is 5. The molecule has 0 aliphatic heterocycles. The third kappa shape index (κ3) is 3.52. The number of aliphatic carboxylic acids is 1. The predicted octanol–water partition coefficient (Wildman–Crippen LogP) is 3.59. The van der Waals surface area contributed by atoms with E-state index in [1.54, 1.807) is 6.92 Å². The summed E-state index contributed by atoms with van der Waals surface area (Å²) in [7, 11) is 0.